The van der Waals surface area contributed by atoms with E-state index in [2.05, 4.69) is 15.3 Å². The molecule has 0 unspecified atom stereocenters. The summed E-state index contributed by atoms with van der Waals surface area (Å²) in [6.45, 7) is 5.91. The average molecular weight is 169 g/mol. The van der Waals surface area contributed by atoms with Crippen molar-refractivity contribution in [1.29, 1.82) is 0 Å². The molecule has 5 heteroatoms. The first-order chi connectivity index (χ1) is 5.54. The van der Waals surface area contributed by atoms with Gasteiger partial charge in [-0.25, -0.2) is 0 Å². The molecule has 5 nitrogen and oxygen atoms in total. The van der Waals surface area contributed by atoms with Gasteiger partial charge in [0.2, 0.25) is 0 Å². The number of oxime groups is 1. The summed E-state index contributed by atoms with van der Waals surface area (Å²) in [5, 5.41) is 14.7. The summed E-state index contributed by atoms with van der Waals surface area (Å²) in [5.74, 6) is 0.805. The van der Waals surface area contributed by atoms with Gasteiger partial charge in [0.05, 0.1) is 0 Å². The summed E-state index contributed by atoms with van der Waals surface area (Å²) in [7, 11) is 0. The number of hydrogen-bond acceptors (Lipinski definition) is 5. The molecule has 0 atom stereocenters. The first-order valence-electron chi connectivity index (χ1n) is 3.55. The van der Waals surface area contributed by atoms with Crippen molar-refractivity contribution in [2.75, 3.05) is 0 Å². The van der Waals surface area contributed by atoms with Gasteiger partial charge in [-0.2, -0.15) is 4.98 Å². The van der Waals surface area contributed by atoms with E-state index in [1.807, 2.05) is 20.8 Å². The molecule has 0 saturated carbocycles. The summed E-state index contributed by atoms with van der Waals surface area (Å²) in [6.07, 6.45) is 1.10. The topological polar surface area (TPSA) is 71.5 Å². The van der Waals surface area contributed by atoms with Gasteiger partial charge in [-0.1, -0.05) is 31.1 Å². The van der Waals surface area contributed by atoms with Gasteiger partial charge in [0.25, 0.3) is 5.89 Å². The molecular formula is C7H11N3O2. The SMILES string of the molecule is CC(C)(C)c1noc(/C=N/O)n1. The van der Waals surface area contributed by atoms with Crippen LogP contribution in [-0.2, 0) is 5.41 Å². The van der Waals surface area contributed by atoms with E-state index in [0.29, 0.717) is 5.82 Å². The zero-order valence-electron chi connectivity index (χ0n) is 7.27. The quantitative estimate of drug-likeness (QED) is 0.389. The van der Waals surface area contributed by atoms with Crippen LogP contribution < -0.4 is 0 Å². The molecule has 12 heavy (non-hydrogen) atoms. The van der Waals surface area contributed by atoms with Crippen LogP contribution in [-0.4, -0.2) is 21.6 Å². The van der Waals surface area contributed by atoms with E-state index in [-0.39, 0.29) is 11.3 Å². The molecule has 0 aliphatic rings. The summed E-state index contributed by atoms with van der Waals surface area (Å²) >= 11 is 0. The Morgan fingerprint density at radius 3 is 2.58 bits per heavy atom. The van der Waals surface area contributed by atoms with E-state index in [0.717, 1.165) is 6.21 Å². The van der Waals surface area contributed by atoms with Crippen molar-refractivity contribution in [3.63, 3.8) is 0 Å². The van der Waals surface area contributed by atoms with E-state index < -0.39 is 0 Å². The van der Waals surface area contributed by atoms with Gasteiger partial charge < -0.3 is 9.73 Å². The molecule has 0 fully saturated rings. The average Bonchev–Trinajstić information content (AvgIpc) is 2.35. The second-order valence-electron chi connectivity index (χ2n) is 3.45. The molecule has 0 bridgehead atoms. The Labute approximate surface area is 70.1 Å². The lowest BCUT2D eigenvalue weighted by atomic mass is 9.96. The minimum Gasteiger partial charge on any atom is -0.411 e. The summed E-state index contributed by atoms with van der Waals surface area (Å²) in [6, 6.07) is 0. The molecule has 66 valence electrons. The molecule has 1 aromatic heterocycles. The Hall–Kier alpha value is -1.39. The normalized spacial score (nSPS) is 12.6. The van der Waals surface area contributed by atoms with E-state index >= 15 is 0 Å². The summed E-state index contributed by atoms with van der Waals surface area (Å²) in [4.78, 5) is 3.98. The van der Waals surface area contributed by atoms with Gasteiger partial charge in [-0.05, 0) is 0 Å². The van der Waals surface area contributed by atoms with E-state index in [1.54, 1.807) is 0 Å². The fourth-order valence-electron chi connectivity index (χ4n) is 0.642. The highest BCUT2D eigenvalue weighted by atomic mass is 16.5. The maximum absolute atomic E-state index is 8.17. The van der Waals surface area contributed by atoms with Crippen LogP contribution in [0.15, 0.2) is 9.68 Å². The van der Waals surface area contributed by atoms with Crippen molar-refractivity contribution in [3.8, 4) is 0 Å². The van der Waals surface area contributed by atoms with E-state index in [9.17, 15) is 0 Å². The zero-order valence-corrected chi connectivity index (χ0v) is 7.27. The van der Waals surface area contributed by atoms with Crippen LogP contribution in [0.25, 0.3) is 0 Å². The van der Waals surface area contributed by atoms with E-state index in [4.69, 9.17) is 9.73 Å². The Kier molecular flexibility index (Phi) is 2.12. The lowest BCUT2D eigenvalue weighted by molar-refractivity contribution is 0.318. The van der Waals surface area contributed by atoms with Crippen molar-refractivity contribution >= 4 is 6.21 Å². The number of nitrogens with zero attached hydrogens (tertiary/aromatic N) is 3. The first kappa shape index (κ1) is 8.70. The molecule has 1 N–H and O–H groups in total. The molecular weight excluding hydrogens is 158 g/mol. The minimum absolute atomic E-state index is 0.148. The Bertz CT molecular complexity index is 285. The van der Waals surface area contributed by atoms with Gasteiger partial charge in [0.1, 0.15) is 6.21 Å². The third-order valence-electron chi connectivity index (χ3n) is 1.28. The first-order valence-corrected chi connectivity index (χ1v) is 3.55. The molecule has 1 rings (SSSR count). The fraction of sp³-hybridized carbons (Fsp3) is 0.571. The predicted molar refractivity (Wildman–Crippen MR) is 42.4 cm³/mol. The van der Waals surface area contributed by atoms with Crippen molar-refractivity contribution in [2.24, 2.45) is 5.16 Å². The molecule has 1 aromatic rings. The van der Waals surface area contributed by atoms with Gasteiger partial charge >= 0.3 is 0 Å². The Balaban J connectivity index is 2.92. The molecule has 0 amide bonds. The lowest BCUT2D eigenvalue weighted by Gasteiger charge is -2.10. The third kappa shape index (κ3) is 1.81. The maximum Gasteiger partial charge on any atom is 0.272 e. The number of rotatable bonds is 1. The van der Waals surface area contributed by atoms with Crippen molar-refractivity contribution in [1.82, 2.24) is 10.1 Å². The van der Waals surface area contributed by atoms with Crippen molar-refractivity contribution < 1.29 is 9.73 Å². The molecule has 0 aliphatic heterocycles. The largest absolute Gasteiger partial charge is 0.411 e. The molecule has 1 heterocycles. The van der Waals surface area contributed by atoms with Crippen LogP contribution in [0.5, 0.6) is 0 Å². The van der Waals surface area contributed by atoms with Gasteiger partial charge in [0, 0.05) is 5.41 Å². The number of aromatic nitrogens is 2. The van der Waals surface area contributed by atoms with Gasteiger partial charge in [-0.3, -0.25) is 0 Å². The zero-order chi connectivity index (χ0) is 9.19. The lowest BCUT2D eigenvalue weighted by Crippen LogP contribution is -2.13. The third-order valence-corrected chi connectivity index (χ3v) is 1.28. The van der Waals surface area contributed by atoms with Crippen LogP contribution in [0.3, 0.4) is 0 Å². The van der Waals surface area contributed by atoms with Crippen LogP contribution in [0.2, 0.25) is 0 Å². The second-order valence-corrected chi connectivity index (χ2v) is 3.45. The number of hydrogen-bond donors (Lipinski definition) is 1. The van der Waals surface area contributed by atoms with Crippen LogP contribution in [0.4, 0.5) is 0 Å². The fourth-order valence-corrected chi connectivity index (χ4v) is 0.642. The Morgan fingerprint density at radius 2 is 2.17 bits per heavy atom. The van der Waals surface area contributed by atoms with Crippen LogP contribution >= 0.6 is 0 Å². The van der Waals surface area contributed by atoms with Gasteiger partial charge in [-0.15, -0.1) is 0 Å². The van der Waals surface area contributed by atoms with Crippen LogP contribution in [0.1, 0.15) is 32.5 Å². The highest BCUT2D eigenvalue weighted by Gasteiger charge is 2.20. The van der Waals surface area contributed by atoms with Crippen molar-refractivity contribution in [2.45, 2.75) is 26.2 Å². The Morgan fingerprint density at radius 1 is 1.50 bits per heavy atom. The van der Waals surface area contributed by atoms with Gasteiger partial charge in [0.15, 0.2) is 5.82 Å². The molecule has 0 saturated heterocycles. The molecule has 0 spiro atoms. The molecule has 0 aromatic carbocycles. The van der Waals surface area contributed by atoms with Crippen LogP contribution in [0, 0.1) is 0 Å². The minimum atomic E-state index is -0.148. The monoisotopic (exact) mass is 169 g/mol. The standard InChI is InChI=1S/C7H11N3O2/c1-7(2,3)6-9-5(4-8-11)12-10-6/h4,11H,1-3H3/b8-4+. The predicted octanol–water partition coefficient (Wildman–Crippen LogP) is 1.18. The van der Waals surface area contributed by atoms with E-state index in [1.165, 1.54) is 0 Å². The highest BCUT2D eigenvalue weighted by Crippen LogP contribution is 2.17. The summed E-state index contributed by atoms with van der Waals surface area (Å²) in [5.41, 5.74) is -0.148. The molecule has 0 aliphatic carbocycles. The smallest absolute Gasteiger partial charge is 0.272 e. The second kappa shape index (κ2) is 2.92. The van der Waals surface area contributed by atoms with Crippen molar-refractivity contribution in [3.05, 3.63) is 11.7 Å². The summed E-state index contributed by atoms with van der Waals surface area (Å²) < 4.78 is 4.76. The highest BCUT2D eigenvalue weighted by molar-refractivity contribution is 5.72. The maximum atomic E-state index is 8.17. The molecule has 0 radical (unpaired) electrons.